The number of nitrogens with zero attached hydrogens (tertiary/aromatic N) is 5. The number of aromatic nitrogens is 4. The fourth-order valence-corrected chi connectivity index (χ4v) is 3.31. The maximum atomic E-state index is 12.5. The number of para-hydroxylation sites is 1. The number of carbonyl (C=O) groups excluding carboxylic acids is 1. The first kappa shape index (κ1) is 18.1. The molecule has 2 aromatic heterocycles. The topological polar surface area (TPSA) is 90.2 Å². The first-order chi connectivity index (χ1) is 13.6. The van der Waals surface area contributed by atoms with E-state index in [1.54, 1.807) is 23.1 Å². The Balaban J connectivity index is 1.34. The lowest BCUT2D eigenvalue weighted by Crippen LogP contribution is -2.32. The van der Waals surface area contributed by atoms with Gasteiger partial charge in [-0.1, -0.05) is 12.1 Å². The highest BCUT2D eigenvalue weighted by atomic mass is 16.5. The van der Waals surface area contributed by atoms with E-state index in [4.69, 9.17) is 4.74 Å². The molecule has 1 saturated heterocycles. The molecule has 0 aliphatic carbocycles. The molecule has 0 spiro atoms. The maximum Gasteiger partial charge on any atom is 0.261 e. The van der Waals surface area contributed by atoms with Gasteiger partial charge in [0, 0.05) is 32.0 Å². The summed E-state index contributed by atoms with van der Waals surface area (Å²) in [6, 6.07) is 10.8. The number of likely N-dealkylation sites (tertiary alicyclic amines) is 1. The van der Waals surface area contributed by atoms with Crippen molar-refractivity contribution in [1.29, 1.82) is 0 Å². The minimum Gasteiger partial charge on any atom is -0.471 e. The highest BCUT2D eigenvalue weighted by Gasteiger charge is 2.27. The highest BCUT2D eigenvalue weighted by Crippen LogP contribution is 2.17. The Morgan fingerprint density at radius 2 is 2.07 bits per heavy atom. The molecule has 0 N–H and O–H groups in total. The number of carbonyl (C=O) groups is 1. The zero-order valence-electron chi connectivity index (χ0n) is 15.6. The van der Waals surface area contributed by atoms with Gasteiger partial charge in [0.1, 0.15) is 6.10 Å². The lowest BCUT2D eigenvalue weighted by molar-refractivity contribution is -0.130. The van der Waals surface area contributed by atoms with E-state index < -0.39 is 0 Å². The Kier molecular flexibility index (Phi) is 5.01. The first-order valence-electron chi connectivity index (χ1n) is 9.29. The second-order valence-electron chi connectivity index (χ2n) is 6.89. The molecule has 0 radical (unpaired) electrons. The quantitative estimate of drug-likeness (QED) is 0.668. The van der Waals surface area contributed by atoms with Crippen LogP contribution in [0, 0.1) is 6.92 Å². The van der Waals surface area contributed by atoms with E-state index in [1.165, 1.54) is 10.9 Å². The van der Waals surface area contributed by atoms with Gasteiger partial charge in [-0.25, -0.2) is 4.98 Å². The lowest BCUT2D eigenvalue weighted by atomic mass is 10.2. The standard InChI is InChI=1S/C20H21N5O3/c1-14-6-7-18(23-22-14)28-15-8-10-24(12-15)19(26)9-11-25-13-21-17-5-3-2-4-16(17)20(25)27/h2-7,13,15H,8-12H2,1H3/t15-/m1/s1. The monoisotopic (exact) mass is 379 g/mol. The van der Waals surface area contributed by atoms with E-state index in [9.17, 15) is 9.59 Å². The van der Waals surface area contributed by atoms with Gasteiger partial charge in [-0.2, -0.15) is 5.10 Å². The van der Waals surface area contributed by atoms with Crippen molar-refractivity contribution in [1.82, 2.24) is 24.6 Å². The number of hydrogen-bond acceptors (Lipinski definition) is 6. The van der Waals surface area contributed by atoms with E-state index in [1.807, 2.05) is 25.1 Å². The molecule has 1 aromatic carbocycles. The van der Waals surface area contributed by atoms with E-state index in [0.717, 1.165) is 12.1 Å². The summed E-state index contributed by atoms with van der Waals surface area (Å²) in [4.78, 5) is 31.1. The highest BCUT2D eigenvalue weighted by molar-refractivity contribution is 5.77. The first-order valence-corrected chi connectivity index (χ1v) is 9.29. The van der Waals surface area contributed by atoms with Gasteiger partial charge in [0.25, 0.3) is 5.56 Å². The molecule has 28 heavy (non-hydrogen) atoms. The smallest absolute Gasteiger partial charge is 0.261 e. The van der Waals surface area contributed by atoms with Gasteiger partial charge in [-0.05, 0) is 25.1 Å². The molecule has 1 aliphatic heterocycles. The summed E-state index contributed by atoms with van der Waals surface area (Å²) in [6.07, 6.45) is 2.41. The van der Waals surface area contributed by atoms with Gasteiger partial charge in [0.05, 0.1) is 29.5 Å². The van der Waals surface area contributed by atoms with Crippen LogP contribution in [0.1, 0.15) is 18.5 Å². The van der Waals surface area contributed by atoms with Crippen LogP contribution < -0.4 is 10.3 Å². The van der Waals surface area contributed by atoms with Crippen molar-refractivity contribution in [3.8, 4) is 5.88 Å². The number of ether oxygens (including phenoxy) is 1. The van der Waals surface area contributed by atoms with Gasteiger partial charge >= 0.3 is 0 Å². The zero-order valence-corrected chi connectivity index (χ0v) is 15.6. The Bertz CT molecular complexity index is 1050. The number of amides is 1. The predicted octanol–water partition coefficient (Wildman–Crippen LogP) is 1.56. The van der Waals surface area contributed by atoms with Crippen molar-refractivity contribution in [2.45, 2.75) is 32.4 Å². The second-order valence-corrected chi connectivity index (χ2v) is 6.89. The molecule has 144 valence electrons. The van der Waals surface area contributed by atoms with Crippen LogP contribution in [-0.4, -0.2) is 49.7 Å². The minimum atomic E-state index is -0.126. The average molecular weight is 379 g/mol. The van der Waals surface area contributed by atoms with Crippen LogP contribution >= 0.6 is 0 Å². The van der Waals surface area contributed by atoms with Gasteiger partial charge in [0.15, 0.2) is 0 Å². The van der Waals surface area contributed by atoms with Crippen molar-refractivity contribution in [3.05, 3.63) is 58.8 Å². The van der Waals surface area contributed by atoms with Crippen LogP contribution in [0.3, 0.4) is 0 Å². The molecule has 0 unspecified atom stereocenters. The molecule has 3 aromatic rings. The summed E-state index contributed by atoms with van der Waals surface area (Å²) in [5.74, 6) is 0.472. The second kappa shape index (κ2) is 7.75. The number of benzene rings is 1. The molecular weight excluding hydrogens is 358 g/mol. The molecule has 8 nitrogen and oxygen atoms in total. The molecule has 0 bridgehead atoms. The molecule has 1 amide bonds. The van der Waals surface area contributed by atoms with Crippen molar-refractivity contribution >= 4 is 16.8 Å². The van der Waals surface area contributed by atoms with Crippen molar-refractivity contribution in [2.75, 3.05) is 13.1 Å². The summed E-state index contributed by atoms with van der Waals surface area (Å²) in [5.41, 5.74) is 1.36. The van der Waals surface area contributed by atoms with E-state index in [-0.39, 0.29) is 24.0 Å². The normalized spacial score (nSPS) is 16.5. The maximum absolute atomic E-state index is 12.5. The third-order valence-corrected chi connectivity index (χ3v) is 4.86. The SMILES string of the molecule is Cc1ccc(O[C@@H]2CCN(C(=O)CCn3cnc4ccccc4c3=O)C2)nn1. The van der Waals surface area contributed by atoms with Crippen LogP contribution in [0.5, 0.6) is 5.88 Å². The molecule has 0 saturated carbocycles. The fraction of sp³-hybridized carbons (Fsp3) is 0.350. The Labute approximate surface area is 161 Å². The molecule has 1 fully saturated rings. The minimum absolute atomic E-state index is 0.00106. The van der Waals surface area contributed by atoms with Crippen LogP contribution in [-0.2, 0) is 11.3 Å². The van der Waals surface area contributed by atoms with Crippen LogP contribution in [0.4, 0.5) is 0 Å². The molecule has 3 heterocycles. The van der Waals surface area contributed by atoms with Crippen LogP contribution in [0.15, 0.2) is 47.5 Å². The van der Waals surface area contributed by atoms with Gasteiger partial charge in [-0.3, -0.25) is 14.2 Å². The molecule has 1 aliphatic rings. The average Bonchev–Trinajstić information content (AvgIpc) is 3.18. The largest absolute Gasteiger partial charge is 0.471 e. The van der Waals surface area contributed by atoms with E-state index >= 15 is 0 Å². The van der Waals surface area contributed by atoms with Crippen molar-refractivity contribution in [3.63, 3.8) is 0 Å². The zero-order chi connectivity index (χ0) is 19.5. The molecule has 8 heteroatoms. The van der Waals surface area contributed by atoms with Crippen molar-refractivity contribution in [2.24, 2.45) is 0 Å². The fourth-order valence-electron chi connectivity index (χ4n) is 3.31. The summed E-state index contributed by atoms with van der Waals surface area (Å²) in [7, 11) is 0. The predicted molar refractivity (Wildman–Crippen MR) is 103 cm³/mol. The summed E-state index contributed by atoms with van der Waals surface area (Å²) < 4.78 is 7.30. The van der Waals surface area contributed by atoms with E-state index in [0.29, 0.717) is 36.4 Å². The van der Waals surface area contributed by atoms with Gasteiger partial charge in [0.2, 0.25) is 11.8 Å². The van der Waals surface area contributed by atoms with Gasteiger partial charge < -0.3 is 9.64 Å². The Morgan fingerprint density at radius 3 is 2.89 bits per heavy atom. The van der Waals surface area contributed by atoms with E-state index in [2.05, 4.69) is 15.2 Å². The van der Waals surface area contributed by atoms with Crippen LogP contribution in [0.2, 0.25) is 0 Å². The molecular formula is C20H21N5O3. The number of rotatable bonds is 5. The lowest BCUT2D eigenvalue weighted by Gasteiger charge is -2.17. The Hall–Kier alpha value is -3.29. The Morgan fingerprint density at radius 1 is 1.21 bits per heavy atom. The summed E-state index contributed by atoms with van der Waals surface area (Å²) >= 11 is 0. The number of hydrogen-bond donors (Lipinski definition) is 0. The third-order valence-electron chi connectivity index (χ3n) is 4.86. The number of fused-ring (bicyclic) bond motifs is 1. The molecule has 1 atom stereocenters. The van der Waals surface area contributed by atoms with Gasteiger partial charge in [-0.15, -0.1) is 5.10 Å². The summed E-state index contributed by atoms with van der Waals surface area (Å²) in [5, 5.41) is 8.54. The number of aryl methyl sites for hydroxylation is 2. The van der Waals surface area contributed by atoms with Crippen LogP contribution in [0.25, 0.3) is 10.9 Å². The summed E-state index contributed by atoms with van der Waals surface area (Å²) in [6.45, 7) is 3.32. The third kappa shape index (κ3) is 3.85. The van der Waals surface area contributed by atoms with Crippen molar-refractivity contribution < 1.29 is 9.53 Å². The molecule has 4 rings (SSSR count).